The molecule has 2 aromatic heterocycles. The van der Waals surface area contributed by atoms with Gasteiger partial charge in [0.25, 0.3) is 5.69 Å². The number of rotatable bonds is 5. The summed E-state index contributed by atoms with van der Waals surface area (Å²) in [6.45, 7) is 3.83. The van der Waals surface area contributed by atoms with Crippen molar-refractivity contribution in [1.82, 2.24) is 19.7 Å². The van der Waals surface area contributed by atoms with Crippen LogP contribution in [0.2, 0.25) is 0 Å². The summed E-state index contributed by atoms with van der Waals surface area (Å²) in [5.74, 6) is 0.358. The standard InChI is InChI=1S/C16H15N5O3/c1-10-7-14(11(2)18-10)15(22)8-20-9-17-16(19-20)12-3-5-13(6-4-12)21(23)24/h3-7,9,18H,8H2,1-2H3. The first-order valence-electron chi connectivity index (χ1n) is 7.27. The molecule has 1 N–H and O–H groups in total. The summed E-state index contributed by atoms with van der Waals surface area (Å²) in [4.78, 5) is 29.8. The molecule has 0 aliphatic carbocycles. The fourth-order valence-corrected chi connectivity index (χ4v) is 2.48. The molecule has 122 valence electrons. The minimum absolute atomic E-state index is 0.00617. The summed E-state index contributed by atoms with van der Waals surface area (Å²) < 4.78 is 1.46. The molecule has 8 heteroatoms. The van der Waals surface area contributed by atoms with E-state index in [-0.39, 0.29) is 18.0 Å². The average Bonchev–Trinajstić information content (AvgIpc) is 3.13. The Balaban J connectivity index is 1.77. The van der Waals surface area contributed by atoms with Gasteiger partial charge in [0.1, 0.15) is 12.9 Å². The van der Waals surface area contributed by atoms with Crippen LogP contribution in [0, 0.1) is 24.0 Å². The third kappa shape index (κ3) is 3.07. The zero-order chi connectivity index (χ0) is 17.3. The highest BCUT2D eigenvalue weighted by atomic mass is 16.6. The Morgan fingerprint density at radius 2 is 2.00 bits per heavy atom. The van der Waals surface area contributed by atoms with Gasteiger partial charge in [-0.05, 0) is 32.0 Å². The Bertz CT molecular complexity index is 908. The highest BCUT2D eigenvalue weighted by Gasteiger charge is 2.14. The van der Waals surface area contributed by atoms with Gasteiger partial charge >= 0.3 is 0 Å². The van der Waals surface area contributed by atoms with Crippen LogP contribution >= 0.6 is 0 Å². The molecule has 0 saturated heterocycles. The van der Waals surface area contributed by atoms with E-state index >= 15 is 0 Å². The molecule has 3 aromatic rings. The van der Waals surface area contributed by atoms with E-state index in [9.17, 15) is 14.9 Å². The van der Waals surface area contributed by atoms with E-state index in [2.05, 4.69) is 15.1 Å². The second kappa shape index (κ2) is 6.07. The second-order valence-electron chi connectivity index (χ2n) is 5.48. The lowest BCUT2D eigenvalue weighted by atomic mass is 10.1. The van der Waals surface area contributed by atoms with E-state index in [1.165, 1.54) is 23.1 Å². The molecule has 0 atom stereocenters. The fourth-order valence-electron chi connectivity index (χ4n) is 2.48. The number of benzene rings is 1. The molecule has 3 rings (SSSR count). The predicted molar refractivity (Wildman–Crippen MR) is 86.7 cm³/mol. The number of carbonyl (C=O) groups is 1. The number of nitrogens with zero attached hydrogens (tertiary/aromatic N) is 4. The van der Waals surface area contributed by atoms with Crippen molar-refractivity contribution in [3.8, 4) is 11.4 Å². The summed E-state index contributed by atoms with van der Waals surface area (Å²) in [5.41, 5.74) is 3.06. The molecule has 0 unspecified atom stereocenters. The minimum Gasteiger partial charge on any atom is -0.362 e. The monoisotopic (exact) mass is 325 g/mol. The number of nitro groups is 1. The largest absolute Gasteiger partial charge is 0.362 e. The number of hydrogen-bond donors (Lipinski definition) is 1. The Morgan fingerprint density at radius 1 is 1.29 bits per heavy atom. The van der Waals surface area contributed by atoms with Crippen LogP contribution in [0.5, 0.6) is 0 Å². The number of aryl methyl sites for hydroxylation is 2. The maximum atomic E-state index is 12.3. The van der Waals surface area contributed by atoms with Crippen LogP contribution in [0.4, 0.5) is 5.69 Å². The molecule has 0 bridgehead atoms. The molecule has 0 fully saturated rings. The van der Waals surface area contributed by atoms with Crippen molar-refractivity contribution in [1.29, 1.82) is 0 Å². The van der Waals surface area contributed by atoms with Crippen molar-refractivity contribution in [2.75, 3.05) is 0 Å². The molecule has 0 radical (unpaired) electrons. The van der Waals surface area contributed by atoms with Crippen LogP contribution in [-0.2, 0) is 6.54 Å². The van der Waals surface area contributed by atoms with Gasteiger partial charge in [0.2, 0.25) is 0 Å². The number of carbonyl (C=O) groups excluding carboxylic acids is 1. The highest BCUT2D eigenvalue weighted by Crippen LogP contribution is 2.19. The maximum absolute atomic E-state index is 12.3. The summed E-state index contributed by atoms with van der Waals surface area (Å²) in [5, 5.41) is 14.9. The molecule has 0 spiro atoms. The lowest BCUT2D eigenvalue weighted by molar-refractivity contribution is -0.384. The molecule has 8 nitrogen and oxygen atoms in total. The predicted octanol–water partition coefficient (Wildman–Crippen LogP) is 2.68. The van der Waals surface area contributed by atoms with Crippen LogP contribution in [0.15, 0.2) is 36.7 Å². The number of Topliss-reactive ketones (excluding diaryl/α,β-unsaturated/α-hetero) is 1. The van der Waals surface area contributed by atoms with E-state index in [0.717, 1.165) is 11.4 Å². The maximum Gasteiger partial charge on any atom is 0.269 e. The van der Waals surface area contributed by atoms with Gasteiger partial charge < -0.3 is 4.98 Å². The lowest BCUT2D eigenvalue weighted by Gasteiger charge is -2.00. The molecule has 1 aromatic carbocycles. The van der Waals surface area contributed by atoms with Crippen molar-refractivity contribution in [2.24, 2.45) is 0 Å². The quantitative estimate of drug-likeness (QED) is 0.441. The number of H-pyrrole nitrogens is 1. The van der Waals surface area contributed by atoms with Gasteiger partial charge in [-0.2, -0.15) is 5.10 Å². The lowest BCUT2D eigenvalue weighted by Crippen LogP contribution is -2.11. The number of non-ortho nitro benzene ring substituents is 1. The van der Waals surface area contributed by atoms with E-state index in [4.69, 9.17) is 0 Å². The van der Waals surface area contributed by atoms with Crippen LogP contribution in [0.25, 0.3) is 11.4 Å². The number of ketones is 1. The molecular weight excluding hydrogens is 310 g/mol. The third-order valence-electron chi connectivity index (χ3n) is 3.63. The van der Waals surface area contributed by atoms with Crippen molar-refractivity contribution in [3.05, 3.63) is 63.7 Å². The van der Waals surface area contributed by atoms with Crippen LogP contribution in [0.1, 0.15) is 21.7 Å². The van der Waals surface area contributed by atoms with Gasteiger partial charge in [-0.1, -0.05) is 0 Å². The highest BCUT2D eigenvalue weighted by molar-refractivity contribution is 5.97. The molecular formula is C16H15N5O3. The number of aromatic nitrogens is 4. The smallest absolute Gasteiger partial charge is 0.269 e. The molecule has 24 heavy (non-hydrogen) atoms. The van der Waals surface area contributed by atoms with Gasteiger partial charge in [-0.3, -0.25) is 14.9 Å². The Kier molecular flexibility index (Phi) is 3.95. The Labute approximate surface area is 137 Å². The average molecular weight is 325 g/mol. The second-order valence-corrected chi connectivity index (χ2v) is 5.48. The normalized spacial score (nSPS) is 10.8. The van der Waals surface area contributed by atoms with Crippen molar-refractivity contribution in [2.45, 2.75) is 20.4 Å². The number of nitro benzene ring substituents is 1. The topological polar surface area (TPSA) is 107 Å². The first-order chi connectivity index (χ1) is 11.4. The fraction of sp³-hybridized carbons (Fsp3) is 0.188. The SMILES string of the molecule is Cc1cc(C(=O)Cn2cnc(-c3ccc([N+](=O)[O-])cc3)n2)c(C)[nH]1. The molecule has 0 saturated carbocycles. The van der Waals surface area contributed by atoms with Gasteiger partial charge in [0.15, 0.2) is 11.6 Å². The third-order valence-corrected chi connectivity index (χ3v) is 3.63. The first-order valence-corrected chi connectivity index (χ1v) is 7.27. The van der Waals surface area contributed by atoms with Crippen molar-refractivity contribution < 1.29 is 9.72 Å². The van der Waals surface area contributed by atoms with E-state index in [0.29, 0.717) is 17.0 Å². The van der Waals surface area contributed by atoms with Crippen LogP contribution < -0.4 is 0 Å². The number of nitrogens with one attached hydrogen (secondary N) is 1. The van der Waals surface area contributed by atoms with Gasteiger partial charge in [-0.15, -0.1) is 0 Å². The Hall–Kier alpha value is -3.29. The van der Waals surface area contributed by atoms with Crippen LogP contribution in [-0.4, -0.2) is 30.5 Å². The van der Waals surface area contributed by atoms with Gasteiger partial charge in [0.05, 0.1) is 4.92 Å². The molecule has 2 heterocycles. The van der Waals surface area contributed by atoms with E-state index in [1.54, 1.807) is 12.1 Å². The number of aromatic amines is 1. The Morgan fingerprint density at radius 3 is 2.58 bits per heavy atom. The first kappa shape index (κ1) is 15.6. The van der Waals surface area contributed by atoms with Gasteiger partial charge in [-0.25, -0.2) is 9.67 Å². The van der Waals surface area contributed by atoms with Crippen LogP contribution in [0.3, 0.4) is 0 Å². The van der Waals surface area contributed by atoms with Crippen molar-refractivity contribution in [3.63, 3.8) is 0 Å². The van der Waals surface area contributed by atoms with E-state index < -0.39 is 4.92 Å². The summed E-state index contributed by atoms with van der Waals surface area (Å²) in [6.07, 6.45) is 1.48. The van der Waals surface area contributed by atoms with Crippen molar-refractivity contribution >= 4 is 11.5 Å². The molecule has 0 aliphatic heterocycles. The molecule has 0 amide bonds. The van der Waals surface area contributed by atoms with Gasteiger partial charge in [0, 0.05) is 34.6 Å². The zero-order valence-electron chi connectivity index (χ0n) is 13.2. The summed E-state index contributed by atoms with van der Waals surface area (Å²) >= 11 is 0. The number of hydrogen-bond acceptors (Lipinski definition) is 5. The molecule has 0 aliphatic rings. The minimum atomic E-state index is -0.463. The summed E-state index contributed by atoms with van der Waals surface area (Å²) in [7, 11) is 0. The summed E-state index contributed by atoms with van der Waals surface area (Å²) in [6, 6.07) is 7.77. The zero-order valence-corrected chi connectivity index (χ0v) is 13.2. The van der Waals surface area contributed by atoms with E-state index in [1.807, 2.05) is 19.9 Å².